The van der Waals surface area contributed by atoms with Crippen molar-refractivity contribution in [3.63, 3.8) is 0 Å². The van der Waals surface area contributed by atoms with E-state index in [1.807, 2.05) is 25.1 Å². The van der Waals surface area contributed by atoms with Crippen LogP contribution in [0.5, 0.6) is 0 Å². The molecule has 1 atom stereocenters. The number of nitrogens with one attached hydrogen (secondary N) is 2. The Bertz CT molecular complexity index is 441. The van der Waals surface area contributed by atoms with Gasteiger partial charge in [0.05, 0.1) is 5.56 Å². The molecule has 0 aromatic heterocycles. The van der Waals surface area contributed by atoms with E-state index in [0.29, 0.717) is 11.8 Å². The minimum atomic E-state index is 0.0137. The van der Waals surface area contributed by atoms with E-state index in [1.165, 1.54) is 0 Å². The summed E-state index contributed by atoms with van der Waals surface area (Å²) in [5, 5.41) is 6.37. The lowest BCUT2D eigenvalue weighted by Gasteiger charge is -2.17. The highest BCUT2D eigenvalue weighted by Crippen LogP contribution is 2.18. The minimum Gasteiger partial charge on any atom is -0.384 e. The number of carbonyl (C=O) groups excluding carboxylic acids is 1. The molecular weight excluding hydrogens is 248 g/mol. The molecule has 0 spiro atoms. The first-order valence-corrected chi connectivity index (χ1v) is 7.58. The Kier molecular flexibility index (Phi) is 6.56. The van der Waals surface area contributed by atoms with Crippen LogP contribution in [-0.4, -0.2) is 19.0 Å². The molecular formula is C17H28N2O. The maximum atomic E-state index is 12.4. The summed E-state index contributed by atoms with van der Waals surface area (Å²) in [7, 11) is 0. The van der Waals surface area contributed by atoms with Crippen LogP contribution in [0.15, 0.2) is 18.2 Å². The molecule has 0 aliphatic rings. The number of hydrogen-bond donors (Lipinski definition) is 2. The fourth-order valence-corrected chi connectivity index (χ4v) is 1.84. The van der Waals surface area contributed by atoms with Gasteiger partial charge in [0.15, 0.2) is 0 Å². The van der Waals surface area contributed by atoms with E-state index in [9.17, 15) is 4.79 Å². The van der Waals surface area contributed by atoms with Gasteiger partial charge in [0, 0.05) is 18.8 Å². The van der Waals surface area contributed by atoms with Crippen LogP contribution in [0, 0.1) is 18.8 Å². The smallest absolute Gasteiger partial charge is 0.253 e. The Balaban J connectivity index is 2.77. The summed E-state index contributed by atoms with van der Waals surface area (Å²) in [6.07, 6.45) is 1.04. The maximum Gasteiger partial charge on any atom is 0.253 e. The highest BCUT2D eigenvalue weighted by molar-refractivity contribution is 5.99. The van der Waals surface area contributed by atoms with E-state index < -0.39 is 0 Å². The normalized spacial score (nSPS) is 12.3. The lowest BCUT2D eigenvalue weighted by Crippen LogP contribution is -2.30. The molecule has 20 heavy (non-hydrogen) atoms. The standard InChI is InChI=1S/C17H28N2O/c1-6-9-18-16-8-7-13(4)10-15(16)17(20)19-11-14(5)12(2)3/h7-8,10,12,14,18H,6,9,11H2,1-5H3,(H,19,20). The minimum absolute atomic E-state index is 0.0137. The topological polar surface area (TPSA) is 41.1 Å². The average Bonchev–Trinajstić information content (AvgIpc) is 2.42. The summed E-state index contributed by atoms with van der Waals surface area (Å²) in [6, 6.07) is 5.98. The van der Waals surface area contributed by atoms with Crippen LogP contribution in [0.25, 0.3) is 0 Å². The third-order valence-corrected chi connectivity index (χ3v) is 3.71. The summed E-state index contributed by atoms with van der Waals surface area (Å²) in [5.74, 6) is 1.07. The van der Waals surface area contributed by atoms with Gasteiger partial charge < -0.3 is 10.6 Å². The number of rotatable bonds is 7. The zero-order valence-electron chi connectivity index (χ0n) is 13.4. The molecule has 0 aliphatic heterocycles. The summed E-state index contributed by atoms with van der Waals surface area (Å²) in [6.45, 7) is 12.2. The van der Waals surface area contributed by atoms with Gasteiger partial charge in [0.2, 0.25) is 0 Å². The fraction of sp³-hybridized carbons (Fsp3) is 0.588. The molecule has 0 bridgehead atoms. The van der Waals surface area contributed by atoms with Gasteiger partial charge in [0.1, 0.15) is 0 Å². The van der Waals surface area contributed by atoms with Crippen molar-refractivity contribution in [2.75, 3.05) is 18.4 Å². The number of hydrogen-bond acceptors (Lipinski definition) is 2. The van der Waals surface area contributed by atoms with E-state index in [0.717, 1.165) is 36.3 Å². The average molecular weight is 276 g/mol. The predicted molar refractivity (Wildman–Crippen MR) is 86.3 cm³/mol. The fourth-order valence-electron chi connectivity index (χ4n) is 1.84. The zero-order valence-corrected chi connectivity index (χ0v) is 13.4. The lowest BCUT2D eigenvalue weighted by atomic mass is 9.98. The molecule has 1 unspecified atom stereocenters. The molecule has 1 aromatic carbocycles. The monoisotopic (exact) mass is 276 g/mol. The van der Waals surface area contributed by atoms with Gasteiger partial charge in [-0.25, -0.2) is 0 Å². The summed E-state index contributed by atoms with van der Waals surface area (Å²) >= 11 is 0. The predicted octanol–water partition coefficient (Wildman–Crippen LogP) is 3.84. The van der Waals surface area contributed by atoms with Crippen molar-refractivity contribution in [2.45, 2.75) is 41.0 Å². The Morgan fingerprint density at radius 3 is 2.55 bits per heavy atom. The number of amides is 1. The molecule has 1 rings (SSSR count). The molecule has 0 saturated heterocycles. The zero-order chi connectivity index (χ0) is 15.1. The highest BCUT2D eigenvalue weighted by Gasteiger charge is 2.13. The van der Waals surface area contributed by atoms with Gasteiger partial charge in [-0.1, -0.05) is 39.3 Å². The Morgan fingerprint density at radius 2 is 1.95 bits per heavy atom. The van der Waals surface area contributed by atoms with Crippen molar-refractivity contribution in [1.82, 2.24) is 5.32 Å². The highest BCUT2D eigenvalue weighted by atomic mass is 16.1. The van der Waals surface area contributed by atoms with Crippen LogP contribution in [0.3, 0.4) is 0 Å². The van der Waals surface area contributed by atoms with Crippen LogP contribution in [0.2, 0.25) is 0 Å². The van der Waals surface area contributed by atoms with Crippen LogP contribution < -0.4 is 10.6 Å². The van der Waals surface area contributed by atoms with Crippen LogP contribution >= 0.6 is 0 Å². The van der Waals surface area contributed by atoms with Crippen LogP contribution in [-0.2, 0) is 0 Å². The SMILES string of the molecule is CCCNc1ccc(C)cc1C(=O)NCC(C)C(C)C. The molecule has 112 valence electrons. The summed E-state index contributed by atoms with van der Waals surface area (Å²) < 4.78 is 0. The first-order chi connectivity index (χ1) is 9.45. The Labute approximate surface area is 123 Å². The molecule has 0 aliphatic carbocycles. The number of carbonyl (C=O) groups is 1. The van der Waals surface area contributed by atoms with E-state index in [2.05, 4.69) is 38.3 Å². The van der Waals surface area contributed by atoms with E-state index in [4.69, 9.17) is 0 Å². The molecule has 0 fully saturated rings. The second-order valence-electron chi connectivity index (χ2n) is 5.91. The molecule has 2 N–H and O–H groups in total. The largest absolute Gasteiger partial charge is 0.384 e. The van der Waals surface area contributed by atoms with E-state index in [-0.39, 0.29) is 5.91 Å². The third-order valence-electron chi connectivity index (χ3n) is 3.71. The van der Waals surface area contributed by atoms with Crippen molar-refractivity contribution < 1.29 is 4.79 Å². The van der Waals surface area contributed by atoms with Crippen molar-refractivity contribution in [2.24, 2.45) is 11.8 Å². The molecule has 1 aromatic rings. The first-order valence-electron chi connectivity index (χ1n) is 7.58. The molecule has 1 amide bonds. The Hall–Kier alpha value is -1.51. The molecule has 3 heteroatoms. The van der Waals surface area contributed by atoms with Crippen molar-refractivity contribution in [1.29, 1.82) is 0 Å². The van der Waals surface area contributed by atoms with E-state index >= 15 is 0 Å². The summed E-state index contributed by atoms with van der Waals surface area (Å²) in [4.78, 5) is 12.4. The molecule has 0 radical (unpaired) electrons. The molecule has 0 saturated carbocycles. The van der Waals surface area contributed by atoms with Gasteiger partial charge >= 0.3 is 0 Å². The van der Waals surface area contributed by atoms with Crippen LogP contribution in [0.1, 0.15) is 50.0 Å². The molecule has 0 heterocycles. The van der Waals surface area contributed by atoms with Crippen molar-refractivity contribution in [3.05, 3.63) is 29.3 Å². The lowest BCUT2D eigenvalue weighted by molar-refractivity contribution is 0.0945. The maximum absolute atomic E-state index is 12.4. The third kappa shape index (κ3) is 4.87. The van der Waals surface area contributed by atoms with Gasteiger partial charge in [-0.05, 0) is 37.3 Å². The second kappa shape index (κ2) is 7.93. The Morgan fingerprint density at radius 1 is 1.25 bits per heavy atom. The number of anilines is 1. The quantitative estimate of drug-likeness (QED) is 0.794. The summed E-state index contributed by atoms with van der Waals surface area (Å²) in [5.41, 5.74) is 2.77. The van der Waals surface area contributed by atoms with Crippen molar-refractivity contribution in [3.8, 4) is 0 Å². The van der Waals surface area contributed by atoms with Crippen LogP contribution in [0.4, 0.5) is 5.69 Å². The molecule has 3 nitrogen and oxygen atoms in total. The first kappa shape index (κ1) is 16.5. The van der Waals surface area contributed by atoms with E-state index in [1.54, 1.807) is 0 Å². The van der Waals surface area contributed by atoms with Gasteiger partial charge in [-0.15, -0.1) is 0 Å². The van der Waals surface area contributed by atoms with Gasteiger partial charge in [-0.2, -0.15) is 0 Å². The van der Waals surface area contributed by atoms with Gasteiger partial charge in [-0.3, -0.25) is 4.79 Å². The van der Waals surface area contributed by atoms with Crippen molar-refractivity contribution >= 4 is 11.6 Å². The van der Waals surface area contributed by atoms with Gasteiger partial charge in [0.25, 0.3) is 5.91 Å². The number of benzene rings is 1. The second-order valence-corrected chi connectivity index (χ2v) is 5.91. The number of aryl methyl sites for hydroxylation is 1.